The number of likely N-dealkylation sites (N-methyl/N-ethyl adjacent to an activating group) is 1. The van der Waals surface area contributed by atoms with Crippen LogP contribution in [-0.2, 0) is 10.2 Å². The average molecular weight is 340 g/mol. The standard InChI is InChI=1S/C19H21FN4O/c1-19(2,15-6-4-5-7-16(15)20)13-23-18(25)12-24(3)17-9-8-14(10-21)11-22-17/h4-9,11H,12-13H2,1-3H3,(H,23,25). The minimum Gasteiger partial charge on any atom is -0.354 e. The number of anilines is 1. The van der Waals surface area contributed by atoms with E-state index in [-0.39, 0.29) is 18.3 Å². The molecule has 0 bridgehead atoms. The Bertz CT molecular complexity index is 781. The lowest BCUT2D eigenvalue weighted by Crippen LogP contribution is -2.41. The Hall–Kier alpha value is -2.94. The van der Waals surface area contributed by atoms with Crippen LogP contribution in [0.25, 0.3) is 0 Å². The van der Waals surface area contributed by atoms with E-state index < -0.39 is 5.41 Å². The summed E-state index contributed by atoms with van der Waals surface area (Å²) in [6.45, 7) is 4.21. The van der Waals surface area contributed by atoms with Gasteiger partial charge in [-0.2, -0.15) is 5.26 Å². The second-order valence-electron chi connectivity index (χ2n) is 6.51. The van der Waals surface area contributed by atoms with E-state index in [9.17, 15) is 9.18 Å². The zero-order valence-electron chi connectivity index (χ0n) is 14.6. The first kappa shape index (κ1) is 18.4. The van der Waals surface area contributed by atoms with Gasteiger partial charge >= 0.3 is 0 Å². The Morgan fingerprint density at radius 3 is 2.64 bits per heavy atom. The van der Waals surface area contributed by atoms with Gasteiger partial charge in [-0.05, 0) is 23.8 Å². The summed E-state index contributed by atoms with van der Waals surface area (Å²) in [4.78, 5) is 18.0. The predicted octanol–water partition coefficient (Wildman–Crippen LogP) is 2.62. The van der Waals surface area contributed by atoms with Gasteiger partial charge in [-0.1, -0.05) is 32.0 Å². The molecule has 2 rings (SSSR count). The van der Waals surface area contributed by atoms with E-state index in [0.29, 0.717) is 23.5 Å². The van der Waals surface area contributed by atoms with Gasteiger partial charge in [0.15, 0.2) is 0 Å². The number of nitrogens with zero attached hydrogens (tertiary/aromatic N) is 3. The van der Waals surface area contributed by atoms with Gasteiger partial charge in [-0.25, -0.2) is 9.37 Å². The van der Waals surface area contributed by atoms with Gasteiger partial charge in [-0.3, -0.25) is 4.79 Å². The zero-order chi connectivity index (χ0) is 18.4. The molecule has 1 heterocycles. The number of hydrogen-bond donors (Lipinski definition) is 1. The quantitative estimate of drug-likeness (QED) is 0.878. The Morgan fingerprint density at radius 1 is 1.32 bits per heavy atom. The number of pyridine rings is 1. The fourth-order valence-electron chi connectivity index (χ4n) is 2.46. The van der Waals surface area contributed by atoms with Gasteiger partial charge in [-0.15, -0.1) is 0 Å². The van der Waals surface area contributed by atoms with E-state index in [1.54, 1.807) is 42.3 Å². The molecule has 1 aromatic carbocycles. The Balaban J connectivity index is 1.93. The van der Waals surface area contributed by atoms with E-state index >= 15 is 0 Å². The summed E-state index contributed by atoms with van der Waals surface area (Å²) in [7, 11) is 1.75. The molecule has 0 saturated heterocycles. The normalized spacial score (nSPS) is 10.8. The summed E-state index contributed by atoms with van der Waals surface area (Å²) < 4.78 is 14.0. The maximum Gasteiger partial charge on any atom is 0.239 e. The summed E-state index contributed by atoms with van der Waals surface area (Å²) in [6, 6.07) is 11.9. The van der Waals surface area contributed by atoms with E-state index in [1.165, 1.54) is 12.3 Å². The molecule has 0 fully saturated rings. The molecular formula is C19H21FN4O. The van der Waals surface area contributed by atoms with Crippen molar-refractivity contribution in [2.75, 3.05) is 25.0 Å². The molecule has 0 aliphatic carbocycles. The maximum atomic E-state index is 14.0. The lowest BCUT2D eigenvalue weighted by Gasteiger charge is -2.27. The molecule has 0 radical (unpaired) electrons. The smallest absolute Gasteiger partial charge is 0.239 e. The average Bonchev–Trinajstić information content (AvgIpc) is 2.60. The van der Waals surface area contributed by atoms with Crippen LogP contribution in [-0.4, -0.2) is 31.0 Å². The Kier molecular flexibility index (Phi) is 5.71. The zero-order valence-corrected chi connectivity index (χ0v) is 14.6. The van der Waals surface area contributed by atoms with Crippen LogP contribution in [0.15, 0.2) is 42.6 Å². The largest absolute Gasteiger partial charge is 0.354 e. The lowest BCUT2D eigenvalue weighted by molar-refractivity contribution is -0.120. The first-order valence-corrected chi connectivity index (χ1v) is 7.92. The Morgan fingerprint density at radius 2 is 2.04 bits per heavy atom. The van der Waals surface area contributed by atoms with Crippen LogP contribution in [0.3, 0.4) is 0 Å². The number of carbonyl (C=O) groups is 1. The first-order valence-electron chi connectivity index (χ1n) is 7.92. The number of rotatable bonds is 6. The molecule has 1 amide bonds. The van der Waals surface area contributed by atoms with Crippen LogP contribution < -0.4 is 10.2 Å². The molecule has 0 aliphatic rings. The molecule has 6 heteroatoms. The van der Waals surface area contributed by atoms with Crippen LogP contribution in [0.1, 0.15) is 25.0 Å². The summed E-state index contributed by atoms with van der Waals surface area (Å²) >= 11 is 0. The van der Waals surface area contributed by atoms with Crippen LogP contribution in [0.5, 0.6) is 0 Å². The van der Waals surface area contributed by atoms with Gasteiger partial charge in [0.1, 0.15) is 17.7 Å². The Labute approximate surface area is 147 Å². The molecule has 0 unspecified atom stereocenters. The third kappa shape index (κ3) is 4.77. The molecule has 2 aromatic rings. The van der Waals surface area contributed by atoms with Gasteiger partial charge in [0.25, 0.3) is 0 Å². The first-order chi connectivity index (χ1) is 11.8. The topological polar surface area (TPSA) is 69.0 Å². The van der Waals surface area contributed by atoms with Gasteiger partial charge in [0.2, 0.25) is 5.91 Å². The molecular weight excluding hydrogens is 319 g/mol. The van der Waals surface area contributed by atoms with Crippen molar-refractivity contribution in [3.8, 4) is 6.07 Å². The fourth-order valence-corrected chi connectivity index (χ4v) is 2.46. The fraction of sp³-hybridized carbons (Fsp3) is 0.316. The summed E-state index contributed by atoms with van der Waals surface area (Å²) in [6.07, 6.45) is 1.46. The van der Waals surface area contributed by atoms with E-state index in [4.69, 9.17) is 5.26 Å². The third-order valence-corrected chi connectivity index (χ3v) is 3.98. The SMILES string of the molecule is CN(CC(=O)NCC(C)(C)c1ccccc1F)c1ccc(C#N)cn1. The number of carbonyl (C=O) groups excluding carboxylic acids is 1. The van der Waals surface area contributed by atoms with Crippen LogP contribution >= 0.6 is 0 Å². The number of halogens is 1. The van der Waals surface area contributed by atoms with Crippen molar-refractivity contribution in [2.45, 2.75) is 19.3 Å². The minimum absolute atomic E-state index is 0.117. The third-order valence-electron chi connectivity index (χ3n) is 3.98. The van der Waals surface area contributed by atoms with Crippen LogP contribution in [0.2, 0.25) is 0 Å². The minimum atomic E-state index is -0.522. The van der Waals surface area contributed by atoms with Crippen molar-refractivity contribution in [3.63, 3.8) is 0 Å². The maximum absolute atomic E-state index is 14.0. The molecule has 0 spiro atoms. The van der Waals surface area contributed by atoms with E-state index in [2.05, 4.69) is 10.3 Å². The highest BCUT2D eigenvalue weighted by Crippen LogP contribution is 2.24. The lowest BCUT2D eigenvalue weighted by atomic mass is 9.84. The van der Waals surface area contributed by atoms with E-state index in [1.807, 2.05) is 19.9 Å². The molecule has 0 aliphatic heterocycles. The molecule has 0 saturated carbocycles. The predicted molar refractivity (Wildman–Crippen MR) is 94.7 cm³/mol. The number of aromatic nitrogens is 1. The van der Waals surface area contributed by atoms with Crippen molar-refractivity contribution in [2.24, 2.45) is 0 Å². The monoisotopic (exact) mass is 340 g/mol. The summed E-state index contributed by atoms with van der Waals surface area (Å²) in [5.74, 6) is 0.140. The number of hydrogen-bond acceptors (Lipinski definition) is 4. The highest BCUT2D eigenvalue weighted by Gasteiger charge is 2.24. The second-order valence-corrected chi connectivity index (χ2v) is 6.51. The van der Waals surface area contributed by atoms with Gasteiger partial charge in [0.05, 0.1) is 12.1 Å². The van der Waals surface area contributed by atoms with Crippen molar-refractivity contribution in [1.29, 1.82) is 5.26 Å². The number of benzene rings is 1. The summed E-state index contributed by atoms with van der Waals surface area (Å²) in [5.41, 5.74) is 0.511. The highest BCUT2D eigenvalue weighted by molar-refractivity contribution is 5.81. The van der Waals surface area contributed by atoms with Crippen molar-refractivity contribution >= 4 is 11.7 Å². The number of nitrogens with one attached hydrogen (secondary N) is 1. The number of nitriles is 1. The van der Waals surface area contributed by atoms with Crippen molar-refractivity contribution in [3.05, 3.63) is 59.5 Å². The van der Waals surface area contributed by atoms with E-state index in [0.717, 1.165) is 0 Å². The molecule has 5 nitrogen and oxygen atoms in total. The van der Waals surface area contributed by atoms with Crippen molar-refractivity contribution in [1.82, 2.24) is 10.3 Å². The second kappa shape index (κ2) is 7.75. The molecule has 130 valence electrons. The van der Waals surface area contributed by atoms with Crippen LogP contribution in [0, 0.1) is 17.1 Å². The van der Waals surface area contributed by atoms with Gasteiger partial charge < -0.3 is 10.2 Å². The van der Waals surface area contributed by atoms with Gasteiger partial charge in [0, 0.05) is 25.2 Å². The molecule has 1 aromatic heterocycles. The molecule has 1 N–H and O–H groups in total. The highest BCUT2D eigenvalue weighted by atomic mass is 19.1. The molecule has 0 atom stereocenters. The van der Waals surface area contributed by atoms with Crippen LogP contribution in [0.4, 0.5) is 10.2 Å². The number of amides is 1. The van der Waals surface area contributed by atoms with Crippen molar-refractivity contribution < 1.29 is 9.18 Å². The summed E-state index contributed by atoms with van der Waals surface area (Å²) in [5, 5.41) is 11.6. The molecule has 25 heavy (non-hydrogen) atoms.